The summed E-state index contributed by atoms with van der Waals surface area (Å²) in [4.78, 5) is 0. The minimum Gasteiger partial charge on any atom is -0.255 e. The molecule has 0 aromatic carbocycles. The van der Waals surface area contributed by atoms with E-state index in [2.05, 4.69) is 12.0 Å². The molecule has 1 aliphatic heterocycles. The molecule has 0 amide bonds. The molecule has 1 N–H and O–H groups in total. The van der Waals surface area contributed by atoms with E-state index in [1.54, 1.807) is 0 Å². The highest BCUT2D eigenvalue weighted by atomic mass is 15.5. The van der Waals surface area contributed by atoms with E-state index in [1.165, 1.54) is 6.42 Å². The molecule has 0 saturated carbocycles. The third kappa shape index (κ3) is 0.698. The molecule has 2 nitrogen and oxygen atoms in total. The maximum atomic E-state index is 3.10. The number of hydrogen-bond acceptors (Lipinski definition) is 2. The van der Waals surface area contributed by atoms with Crippen LogP contribution < -0.4 is 5.43 Å². The van der Waals surface area contributed by atoms with Gasteiger partial charge in [0.15, 0.2) is 0 Å². The number of nitrogens with one attached hydrogen (secondary N) is 1. The molecule has 0 aromatic rings. The minimum absolute atomic E-state index is 1.11. The van der Waals surface area contributed by atoms with Crippen LogP contribution in [0.15, 0.2) is 0 Å². The van der Waals surface area contributed by atoms with Crippen molar-refractivity contribution in [2.75, 3.05) is 13.6 Å². The fraction of sp³-hybridized carbons (Fsp3) is 0.750. The summed E-state index contributed by atoms with van der Waals surface area (Å²) in [7, 11) is 2.01. The molecule has 0 unspecified atom stereocenters. The monoisotopic (exact) mass is 85.1 g/mol. The highest BCUT2D eigenvalue weighted by Gasteiger charge is 2.02. The van der Waals surface area contributed by atoms with Gasteiger partial charge in [-0.15, -0.1) is 0 Å². The van der Waals surface area contributed by atoms with Crippen LogP contribution in [0.5, 0.6) is 0 Å². The topological polar surface area (TPSA) is 15.3 Å². The largest absolute Gasteiger partial charge is 0.255 e. The van der Waals surface area contributed by atoms with Crippen molar-refractivity contribution in [1.82, 2.24) is 10.4 Å². The van der Waals surface area contributed by atoms with Crippen LogP contribution in [-0.4, -0.2) is 18.6 Å². The van der Waals surface area contributed by atoms with Crippen molar-refractivity contribution in [1.29, 1.82) is 0 Å². The Morgan fingerprint density at radius 1 is 1.83 bits per heavy atom. The van der Waals surface area contributed by atoms with Gasteiger partial charge in [-0.25, -0.2) is 5.01 Å². The summed E-state index contributed by atoms with van der Waals surface area (Å²) in [6, 6.07) is 0. The molecule has 0 spiro atoms. The van der Waals surface area contributed by atoms with Crippen LogP contribution in [0.25, 0.3) is 0 Å². The van der Waals surface area contributed by atoms with Gasteiger partial charge in [-0.2, -0.15) is 0 Å². The lowest BCUT2D eigenvalue weighted by atomic mass is 10.5. The van der Waals surface area contributed by atoms with Crippen LogP contribution in [0.3, 0.4) is 0 Å². The zero-order valence-electron chi connectivity index (χ0n) is 3.94. The maximum absolute atomic E-state index is 3.10. The molecule has 1 saturated heterocycles. The van der Waals surface area contributed by atoms with E-state index < -0.39 is 0 Å². The summed E-state index contributed by atoms with van der Waals surface area (Å²) >= 11 is 0. The predicted molar refractivity (Wildman–Crippen MR) is 24.7 cm³/mol. The summed E-state index contributed by atoms with van der Waals surface area (Å²) in [6.07, 6.45) is 1.18. The van der Waals surface area contributed by atoms with Gasteiger partial charge in [0, 0.05) is 20.1 Å². The van der Waals surface area contributed by atoms with Crippen LogP contribution in [-0.2, 0) is 0 Å². The first-order valence-corrected chi connectivity index (χ1v) is 2.19. The Hall–Kier alpha value is -0.0800. The van der Waals surface area contributed by atoms with Gasteiger partial charge in [-0.1, -0.05) is 0 Å². The van der Waals surface area contributed by atoms with E-state index in [4.69, 9.17) is 0 Å². The van der Waals surface area contributed by atoms with Gasteiger partial charge in [-0.05, 0) is 6.42 Å². The van der Waals surface area contributed by atoms with Gasteiger partial charge >= 0.3 is 0 Å². The van der Waals surface area contributed by atoms with Crippen LogP contribution in [0.1, 0.15) is 6.42 Å². The fourth-order valence-corrected chi connectivity index (χ4v) is 0.564. The quantitative estimate of drug-likeness (QED) is 0.445. The lowest BCUT2D eigenvalue weighted by Crippen LogP contribution is -2.23. The van der Waals surface area contributed by atoms with Gasteiger partial charge in [-0.3, -0.25) is 5.43 Å². The Kier molecular flexibility index (Phi) is 1.08. The second-order valence-corrected chi connectivity index (χ2v) is 1.49. The Balaban J connectivity index is 2.18. The lowest BCUT2D eigenvalue weighted by Gasteiger charge is -2.02. The standard InChI is InChI=1S/C4H9N2/c1-6-4-2-3-5-6/h4-5H,2-3H2,1H3. The molecule has 0 bridgehead atoms. The van der Waals surface area contributed by atoms with Crippen molar-refractivity contribution in [2.45, 2.75) is 6.42 Å². The molecule has 1 fully saturated rings. The van der Waals surface area contributed by atoms with E-state index in [0.717, 1.165) is 6.54 Å². The van der Waals surface area contributed by atoms with E-state index in [1.807, 2.05) is 12.1 Å². The first kappa shape index (κ1) is 4.09. The summed E-state index contributed by atoms with van der Waals surface area (Å²) in [5.74, 6) is 0. The van der Waals surface area contributed by atoms with Crippen molar-refractivity contribution < 1.29 is 0 Å². The fourth-order valence-electron chi connectivity index (χ4n) is 0.564. The summed E-state index contributed by atoms with van der Waals surface area (Å²) in [5, 5.41) is 1.99. The maximum Gasteiger partial charge on any atom is 0.0422 e. The molecule has 1 aliphatic rings. The van der Waals surface area contributed by atoms with Crippen molar-refractivity contribution in [2.24, 2.45) is 0 Å². The highest BCUT2D eigenvalue weighted by Crippen LogP contribution is 1.95. The van der Waals surface area contributed by atoms with Crippen molar-refractivity contribution in [3.63, 3.8) is 0 Å². The average Bonchev–Trinajstić information content (AvgIpc) is 1.86. The molecule has 35 valence electrons. The lowest BCUT2D eigenvalue weighted by molar-refractivity contribution is 0.359. The van der Waals surface area contributed by atoms with E-state index in [0.29, 0.717) is 0 Å². The number of hydrazine groups is 1. The summed E-state index contributed by atoms with van der Waals surface area (Å²) in [5.41, 5.74) is 3.10. The average molecular weight is 85.1 g/mol. The zero-order valence-corrected chi connectivity index (χ0v) is 3.94. The molecule has 0 aliphatic carbocycles. The second kappa shape index (κ2) is 1.58. The Labute approximate surface area is 38.1 Å². The Bertz CT molecular complexity index is 38.8. The first-order valence-electron chi connectivity index (χ1n) is 2.19. The van der Waals surface area contributed by atoms with Gasteiger partial charge < -0.3 is 0 Å². The van der Waals surface area contributed by atoms with Gasteiger partial charge in [0.05, 0.1) is 0 Å². The molecule has 0 aromatic heterocycles. The minimum atomic E-state index is 1.11. The third-order valence-corrected chi connectivity index (χ3v) is 0.909. The van der Waals surface area contributed by atoms with Crippen molar-refractivity contribution >= 4 is 0 Å². The molecule has 6 heavy (non-hydrogen) atoms. The predicted octanol–water partition coefficient (Wildman–Crippen LogP) is -0.0117. The Morgan fingerprint density at radius 2 is 2.67 bits per heavy atom. The molecule has 1 heterocycles. The van der Waals surface area contributed by atoms with Crippen LogP contribution in [0.4, 0.5) is 0 Å². The van der Waals surface area contributed by atoms with E-state index in [9.17, 15) is 0 Å². The summed E-state index contributed by atoms with van der Waals surface area (Å²) < 4.78 is 0. The zero-order chi connectivity index (χ0) is 4.41. The molecule has 1 radical (unpaired) electrons. The van der Waals surface area contributed by atoms with E-state index in [-0.39, 0.29) is 0 Å². The van der Waals surface area contributed by atoms with E-state index >= 15 is 0 Å². The van der Waals surface area contributed by atoms with Gasteiger partial charge in [0.2, 0.25) is 0 Å². The van der Waals surface area contributed by atoms with Crippen LogP contribution in [0, 0.1) is 6.54 Å². The SMILES string of the molecule is CN1[CH]CCN1. The molecule has 0 atom stereocenters. The van der Waals surface area contributed by atoms with Crippen molar-refractivity contribution in [3.05, 3.63) is 6.54 Å². The normalized spacial score (nSPS) is 25.5. The summed E-state index contributed by atoms with van der Waals surface area (Å²) in [6.45, 7) is 3.23. The Morgan fingerprint density at radius 3 is 2.83 bits per heavy atom. The number of hydrogen-bond donors (Lipinski definition) is 1. The van der Waals surface area contributed by atoms with Crippen molar-refractivity contribution in [3.8, 4) is 0 Å². The van der Waals surface area contributed by atoms with Gasteiger partial charge in [0.25, 0.3) is 0 Å². The molecular weight excluding hydrogens is 76.1 g/mol. The third-order valence-electron chi connectivity index (χ3n) is 0.909. The van der Waals surface area contributed by atoms with Gasteiger partial charge in [0.1, 0.15) is 0 Å². The number of rotatable bonds is 0. The van der Waals surface area contributed by atoms with Crippen LogP contribution >= 0.6 is 0 Å². The first-order chi connectivity index (χ1) is 2.89. The second-order valence-electron chi connectivity index (χ2n) is 1.49. The van der Waals surface area contributed by atoms with Crippen LogP contribution in [0.2, 0.25) is 0 Å². The molecule has 1 rings (SSSR count). The highest BCUT2D eigenvalue weighted by molar-refractivity contribution is 4.68. The smallest absolute Gasteiger partial charge is 0.0422 e. The number of nitrogens with zero attached hydrogens (tertiary/aromatic N) is 1. The molecule has 2 heteroatoms. The molecular formula is C4H9N2.